The molecule has 1 aromatic carbocycles. The van der Waals surface area contributed by atoms with Crippen molar-refractivity contribution in [1.82, 2.24) is 4.98 Å². The molecule has 0 bridgehead atoms. The molecule has 1 aromatic heterocycles. The SMILES string of the molecule is Oc1ccc2n[c]sc2c1. The lowest BCUT2D eigenvalue weighted by molar-refractivity contribution is 0.476. The first-order valence-electron chi connectivity index (χ1n) is 2.82. The Morgan fingerprint density at radius 1 is 1.50 bits per heavy atom. The minimum atomic E-state index is 0.283. The molecule has 2 rings (SSSR count). The lowest BCUT2D eigenvalue weighted by Gasteiger charge is -1.87. The highest BCUT2D eigenvalue weighted by Crippen LogP contribution is 2.21. The van der Waals surface area contributed by atoms with Crippen molar-refractivity contribution in [3.8, 4) is 5.75 Å². The summed E-state index contributed by atoms with van der Waals surface area (Å²) in [5.74, 6) is 0.283. The normalized spacial score (nSPS) is 10.4. The molecule has 0 saturated carbocycles. The quantitative estimate of drug-likeness (QED) is 0.621. The van der Waals surface area contributed by atoms with Gasteiger partial charge >= 0.3 is 0 Å². The van der Waals surface area contributed by atoms with Crippen molar-refractivity contribution in [2.75, 3.05) is 0 Å². The molecule has 0 aliphatic rings. The van der Waals surface area contributed by atoms with Gasteiger partial charge in [0.2, 0.25) is 0 Å². The summed E-state index contributed by atoms with van der Waals surface area (Å²) in [5.41, 5.74) is 3.64. The Morgan fingerprint density at radius 3 is 3.30 bits per heavy atom. The average molecular weight is 150 g/mol. The molecular formula is C7H4NOS. The number of hydrogen-bond donors (Lipinski definition) is 1. The zero-order chi connectivity index (χ0) is 6.97. The van der Waals surface area contributed by atoms with E-state index in [2.05, 4.69) is 10.5 Å². The molecular weight excluding hydrogens is 146 g/mol. The van der Waals surface area contributed by atoms with Gasteiger partial charge in [-0.25, -0.2) is 4.98 Å². The van der Waals surface area contributed by atoms with Gasteiger partial charge in [0.05, 0.1) is 10.2 Å². The Labute approximate surface area is 61.8 Å². The summed E-state index contributed by atoms with van der Waals surface area (Å²) in [6.45, 7) is 0. The number of nitrogens with zero attached hydrogens (tertiary/aromatic N) is 1. The fourth-order valence-electron chi connectivity index (χ4n) is 0.798. The molecule has 10 heavy (non-hydrogen) atoms. The molecule has 49 valence electrons. The number of phenolic OH excluding ortho intramolecular Hbond substituents is 1. The van der Waals surface area contributed by atoms with E-state index >= 15 is 0 Å². The summed E-state index contributed by atoms with van der Waals surface area (Å²) in [5, 5.41) is 9.01. The molecule has 0 amide bonds. The van der Waals surface area contributed by atoms with Crippen molar-refractivity contribution in [3.05, 3.63) is 23.7 Å². The van der Waals surface area contributed by atoms with Gasteiger partial charge in [0, 0.05) is 0 Å². The molecule has 2 nitrogen and oxygen atoms in total. The van der Waals surface area contributed by atoms with E-state index in [4.69, 9.17) is 5.11 Å². The summed E-state index contributed by atoms with van der Waals surface area (Å²) in [6.07, 6.45) is 0. The zero-order valence-corrected chi connectivity index (χ0v) is 5.85. The van der Waals surface area contributed by atoms with E-state index in [-0.39, 0.29) is 5.75 Å². The number of thiazole rings is 1. The van der Waals surface area contributed by atoms with E-state index in [9.17, 15) is 0 Å². The minimum Gasteiger partial charge on any atom is -0.508 e. The Hall–Kier alpha value is -1.09. The topological polar surface area (TPSA) is 33.1 Å². The standard InChI is InChI=1S/C7H4NOS/c9-5-1-2-6-7(3-5)10-4-8-6/h1-3,9H. The van der Waals surface area contributed by atoms with E-state index in [0.29, 0.717) is 0 Å². The van der Waals surface area contributed by atoms with Gasteiger partial charge in [0.15, 0.2) is 5.51 Å². The van der Waals surface area contributed by atoms with E-state index < -0.39 is 0 Å². The predicted molar refractivity (Wildman–Crippen MR) is 40.1 cm³/mol. The van der Waals surface area contributed by atoms with Crippen LogP contribution < -0.4 is 0 Å². The third-order valence-electron chi connectivity index (χ3n) is 1.27. The number of rotatable bonds is 0. The molecule has 1 heterocycles. The van der Waals surface area contributed by atoms with Crippen LogP contribution in [0.5, 0.6) is 5.75 Å². The lowest BCUT2D eigenvalue weighted by Crippen LogP contribution is -1.65. The second kappa shape index (κ2) is 1.95. The zero-order valence-electron chi connectivity index (χ0n) is 5.03. The van der Waals surface area contributed by atoms with Gasteiger partial charge in [-0.1, -0.05) is 0 Å². The second-order valence-electron chi connectivity index (χ2n) is 1.96. The van der Waals surface area contributed by atoms with Crippen molar-refractivity contribution in [3.63, 3.8) is 0 Å². The fraction of sp³-hybridized carbons (Fsp3) is 0. The van der Waals surface area contributed by atoms with Gasteiger partial charge in [-0.3, -0.25) is 0 Å². The summed E-state index contributed by atoms with van der Waals surface area (Å²) in [4.78, 5) is 3.94. The Bertz CT molecular complexity index is 355. The number of aromatic nitrogens is 1. The van der Waals surface area contributed by atoms with Gasteiger partial charge < -0.3 is 5.11 Å². The monoisotopic (exact) mass is 150 g/mol. The van der Waals surface area contributed by atoms with Gasteiger partial charge in [-0.2, -0.15) is 0 Å². The number of hydrogen-bond acceptors (Lipinski definition) is 3. The molecule has 1 N–H and O–H groups in total. The first-order chi connectivity index (χ1) is 4.86. The number of benzene rings is 1. The fourth-order valence-corrected chi connectivity index (χ4v) is 1.44. The van der Waals surface area contributed by atoms with Crippen LogP contribution in [0.4, 0.5) is 0 Å². The Balaban J connectivity index is 2.86. The number of aromatic hydroxyl groups is 1. The van der Waals surface area contributed by atoms with Crippen LogP contribution in [0.2, 0.25) is 0 Å². The van der Waals surface area contributed by atoms with Crippen LogP contribution in [0.1, 0.15) is 0 Å². The van der Waals surface area contributed by atoms with Crippen molar-refractivity contribution in [2.24, 2.45) is 0 Å². The van der Waals surface area contributed by atoms with Crippen LogP contribution >= 0.6 is 11.3 Å². The predicted octanol–water partition coefficient (Wildman–Crippen LogP) is 1.80. The van der Waals surface area contributed by atoms with Crippen molar-refractivity contribution in [2.45, 2.75) is 0 Å². The highest BCUT2D eigenvalue weighted by molar-refractivity contribution is 7.16. The Kier molecular flexibility index (Phi) is 1.11. The largest absolute Gasteiger partial charge is 0.508 e. The molecule has 0 fully saturated rings. The summed E-state index contributed by atoms with van der Waals surface area (Å²) in [6, 6.07) is 5.08. The summed E-state index contributed by atoms with van der Waals surface area (Å²) in [7, 11) is 0. The number of fused-ring (bicyclic) bond motifs is 1. The minimum absolute atomic E-state index is 0.283. The molecule has 0 saturated heterocycles. The second-order valence-corrected chi connectivity index (χ2v) is 2.78. The van der Waals surface area contributed by atoms with Gasteiger partial charge in [0.1, 0.15) is 5.75 Å². The van der Waals surface area contributed by atoms with Crippen molar-refractivity contribution in [1.29, 1.82) is 0 Å². The summed E-state index contributed by atoms with van der Waals surface area (Å²) >= 11 is 1.41. The molecule has 0 aliphatic carbocycles. The highest BCUT2D eigenvalue weighted by Gasteiger charge is 1.95. The Morgan fingerprint density at radius 2 is 2.40 bits per heavy atom. The van der Waals surface area contributed by atoms with Crippen LogP contribution in [0, 0.1) is 5.51 Å². The third-order valence-corrected chi connectivity index (χ3v) is 1.99. The van der Waals surface area contributed by atoms with E-state index in [0.717, 1.165) is 10.2 Å². The number of phenols is 1. The molecule has 2 aromatic rings. The van der Waals surface area contributed by atoms with Crippen LogP contribution in [0.3, 0.4) is 0 Å². The van der Waals surface area contributed by atoms with Crippen molar-refractivity contribution < 1.29 is 5.11 Å². The summed E-state index contributed by atoms with van der Waals surface area (Å²) < 4.78 is 0.972. The maximum Gasteiger partial charge on any atom is 0.153 e. The molecule has 0 unspecified atom stereocenters. The third kappa shape index (κ3) is 0.752. The molecule has 3 heteroatoms. The van der Waals surface area contributed by atoms with Crippen molar-refractivity contribution >= 4 is 21.6 Å². The lowest BCUT2D eigenvalue weighted by atomic mass is 10.3. The van der Waals surface area contributed by atoms with Gasteiger partial charge in [0.25, 0.3) is 0 Å². The van der Waals surface area contributed by atoms with E-state index in [1.807, 2.05) is 0 Å². The maximum atomic E-state index is 9.01. The molecule has 0 spiro atoms. The van der Waals surface area contributed by atoms with E-state index in [1.54, 1.807) is 18.2 Å². The van der Waals surface area contributed by atoms with Gasteiger partial charge in [-0.15, -0.1) is 11.3 Å². The van der Waals surface area contributed by atoms with Crippen LogP contribution in [0.25, 0.3) is 10.2 Å². The first-order valence-corrected chi connectivity index (χ1v) is 3.63. The van der Waals surface area contributed by atoms with E-state index in [1.165, 1.54) is 11.3 Å². The maximum absolute atomic E-state index is 9.01. The van der Waals surface area contributed by atoms with Crippen LogP contribution in [-0.2, 0) is 0 Å². The van der Waals surface area contributed by atoms with Crippen LogP contribution in [-0.4, -0.2) is 10.1 Å². The van der Waals surface area contributed by atoms with Gasteiger partial charge in [-0.05, 0) is 18.2 Å². The highest BCUT2D eigenvalue weighted by atomic mass is 32.1. The smallest absolute Gasteiger partial charge is 0.153 e. The molecule has 1 radical (unpaired) electrons. The molecule has 0 aliphatic heterocycles. The van der Waals surface area contributed by atoms with Crippen LogP contribution in [0.15, 0.2) is 18.2 Å². The first kappa shape index (κ1) is 5.68. The molecule has 0 atom stereocenters. The average Bonchev–Trinajstić information content (AvgIpc) is 2.33.